The Kier molecular flexibility index (Phi) is 3.16. The highest BCUT2D eigenvalue weighted by atomic mass is 15.0. The Balaban J connectivity index is 2.08. The highest BCUT2D eigenvalue weighted by Gasteiger charge is 2.14. The molecule has 0 bridgehead atoms. The van der Waals surface area contributed by atoms with Crippen molar-refractivity contribution in [2.75, 3.05) is 11.5 Å². The highest BCUT2D eigenvalue weighted by Crippen LogP contribution is 2.36. The summed E-state index contributed by atoms with van der Waals surface area (Å²) in [5.41, 5.74) is 17.2. The average Bonchev–Trinajstić information content (AvgIpc) is 3.02. The number of nitrogens with zero attached hydrogens (tertiary/aromatic N) is 2. The van der Waals surface area contributed by atoms with E-state index in [0.29, 0.717) is 11.7 Å². The van der Waals surface area contributed by atoms with Gasteiger partial charge in [-0.1, -0.05) is 38.1 Å². The van der Waals surface area contributed by atoms with Crippen LogP contribution < -0.4 is 11.5 Å². The summed E-state index contributed by atoms with van der Waals surface area (Å²) >= 11 is 0. The first-order valence-electron chi connectivity index (χ1n) is 7.97. The molecule has 0 spiro atoms. The van der Waals surface area contributed by atoms with Crippen molar-refractivity contribution in [3.05, 3.63) is 48.2 Å². The molecular formula is C19H19N5. The molecule has 0 saturated carbocycles. The van der Waals surface area contributed by atoms with Gasteiger partial charge in [-0.25, -0.2) is 4.98 Å². The Morgan fingerprint density at radius 1 is 1.04 bits per heavy atom. The predicted molar refractivity (Wildman–Crippen MR) is 99.7 cm³/mol. The van der Waals surface area contributed by atoms with Crippen molar-refractivity contribution in [1.29, 1.82) is 0 Å². The molecule has 5 nitrogen and oxygen atoms in total. The number of hydrogen-bond donors (Lipinski definition) is 3. The van der Waals surface area contributed by atoms with Crippen LogP contribution in [0.1, 0.15) is 25.3 Å². The van der Waals surface area contributed by atoms with Crippen molar-refractivity contribution < 1.29 is 0 Å². The molecule has 120 valence electrons. The SMILES string of the molecule is CC(C)c1cccc(-c2cc3nc(N)nc(N)c3c3cc[nH]c23)c1. The van der Waals surface area contributed by atoms with Crippen LogP contribution in [0.4, 0.5) is 11.8 Å². The van der Waals surface area contributed by atoms with Gasteiger partial charge in [0.25, 0.3) is 0 Å². The van der Waals surface area contributed by atoms with E-state index in [-0.39, 0.29) is 5.95 Å². The van der Waals surface area contributed by atoms with Gasteiger partial charge in [-0.3, -0.25) is 0 Å². The fraction of sp³-hybridized carbons (Fsp3) is 0.158. The molecule has 24 heavy (non-hydrogen) atoms. The Hall–Kier alpha value is -3.08. The number of aromatic nitrogens is 3. The first-order chi connectivity index (χ1) is 11.5. The molecule has 5 heteroatoms. The molecule has 2 aromatic heterocycles. The number of fused-ring (bicyclic) bond motifs is 3. The standard InChI is InChI=1S/C19H19N5/c1-10(2)11-4-3-5-12(8-11)14-9-15-16(13-6-7-22-17(13)14)18(20)24-19(21)23-15/h3-10,22H,1-2H3,(H4,20,21,23,24). The molecule has 0 amide bonds. The molecule has 0 radical (unpaired) electrons. The molecule has 0 atom stereocenters. The van der Waals surface area contributed by atoms with Gasteiger partial charge in [0.05, 0.1) is 16.4 Å². The van der Waals surface area contributed by atoms with Crippen molar-refractivity contribution in [2.45, 2.75) is 19.8 Å². The van der Waals surface area contributed by atoms with Crippen molar-refractivity contribution in [2.24, 2.45) is 0 Å². The molecule has 0 fully saturated rings. The zero-order chi connectivity index (χ0) is 16.8. The van der Waals surface area contributed by atoms with Crippen LogP contribution in [0, 0.1) is 0 Å². The maximum absolute atomic E-state index is 6.09. The van der Waals surface area contributed by atoms with E-state index in [9.17, 15) is 0 Å². The van der Waals surface area contributed by atoms with Gasteiger partial charge >= 0.3 is 0 Å². The molecule has 0 saturated heterocycles. The maximum atomic E-state index is 6.09. The summed E-state index contributed by atoms with van der Waals surface area (Å²) in [6.45, 7) is 4.39. The number of nitrogen functional groups attached to an aromatic ring is 2. The molecule has 4 aromatic rings. The number of nitrogens with one attached hydrogen (secondary N) is 1. The Morgan fingerprint density at radius 3 is 2.67 bits per heavy atom. The number of anilines is 2. The molecule has 2 heterocycles. The van der Waals surface area contributed by atoms with E-state index in [1.165, 1.54) is 5.56 Å². The van der Waals surface area contributed by atoms with E-state index in [1.54, 1.807) is 0 Å². The van der Waals surface area contributed by atoms with Crippen LogP contribution >= 0.6 is 0 Å². The van der Waals surface area contributed by atoms with Crippen LogP contribution in [0.25, 0.3) is 32.9 Å². The number of nitrogens with two attached hydrogens (primary N) is 2. The third kappa shape index (κ3) is 2.17. The summed E-state index contributed by atoms with van der Waals surface area (Å²) in [6, 6.07) is 12.6. The van der Waals surface area contributed by atoms with Crippen LogP contribution in [0.3, 0.4) is 0 Å². The predicted octanol–water partition coefficient (Wildman–Crippen LogP) is 4.07. The lowest BCUT2D eigenvalue weighted by molar-refractivity contribution is 0.867. The number of aromatic amines is 1. The third-order valence-electron chi connectivity index (χ3n) is 4.41. The van der Waals surface area contributed by atoms with E-state index in [1.807, 2.05) is 18.3 Å². The second kappa shape index (κ2) is 5.23. The van der Waals surface area contributed by atoms with Gasteiger partial charge in [-0.2, -0.15) is 4.98 Å². The van der Waals surface area contributed by atoms with Crippen LogP contribution in [0.5, 0.6) is 0 Å². The molecular weight excluding hydrogens is 298 g/mol. The lowest BCUT2D eigenvalue weighted by atomic mass is 9.95. The van der Waals surface area contributed by atoms with Crippen LogP contribution in [-0.4, -0.2) is 15.0 Å². The van der Waals surface area contributed by atoms with Crippen LogP contribution in [-0.2, 0) is 0 Å². The zero-order valence-corrected chi connectivity index (χ0v) is 13.7. The zero-order valence-electron chi connectivity index (χ0n) is 13.7. The van der Waals surface area contributed by atoms with Gasteiger partial charge in [-0.05, 0) is 29.2 Å². The summed E-state index contributed by atoms with van der Waals surface area (Å²) in [6.07, 6.45) is 1.91. The number of benzene rings is 2. The first kappa shape index (κ1) is 14.5. The van der Waals surface area contributed by atoms with E-state index < -0.39 is 0 Å². The Morgan fingerprint density at radius 2 is 1.88 bits per heavy atom. The topological polar surface area (TPSA) is 93.6 Å². The molecule has 0 aliphatic carbocycles. The van der Waals surface area contributed by atoms with Gasteiger partial charge < -0.3 is 16.5 Å². The third-order valence-corrected chi connectivity index (χ3v) is 4.41. The second-order valence-electron chi connectivity index (χ2n) is 6.33. The average molecular weight is 317 g/mol. The van der Waals surface area contributed by atoms with E-state index in [2.05, 4.69) is 53.1 Å². The summed E-state index contributed by atoms with van der Waals surface area (Å²) in [5.74, 6) is 1.07. The maximum Gasteiger partial charge on any atom is 0.222 e. The summed E-state index contributed by atoms with van der Waals surface area (Å²) < 4.78 is 0. The summed E-state index contributed by atoms with van der Waals surface area (Å²) in [4.78, 5) is 11.8. The minimum absolute atomic E-state index is 0.191. The molecule has 2 aromatic carbocycles. The fourth-order valence-electron chi connectivity index (χ4n) is 3.20. The summed E-state index contributed by atoms with van der Waals surface area (Å²) in [7, 11) is 0. The van der Waals surface area contributed by atoms with E-state index in [0.717, 1.165) is 32.9 Å². The van der Waals surface area contributed by atoms with Gasteiger partial charge in [0.2, 0.25) is 5.95 Å². The number of rotatable bonds is 2. The smallest absolute Gasteiger partial charge is 0.222 e. The van der Waals surface area contributed by atoms with Crippen molar-refractivity contribution >= 4 is 33.6 Å². The molecule has 4 rings (SSSR count). The minimum atomic E-state index is 0.191. The minimum Gasteiger partial charge on any atom is -0.383 e. The van der Waals surface area contributed by atoms with Crippen molar-refractivity contribution in [1.82, 2.24) is 15.0 Å². The number of hydrogen-bond acceptors (Lipinski definition) is 4. The van der Waals surface area contributed by atoms with Crippen LogP contribution in [0.15, 0.2) is 42.6 Å². The second-order valence-corrected chi connectivity index (χ2v) is 6.33. The normalized spacial score (nSPS) is 11.6. The quantitative estimate of drug-likeness (QED) is 0.519. The lowest BCUT2D eigenvalue weighted by Crippen LogP contribution is -2.01. The molecule has 0 aliphatic heterocycles. The molecule has 0 aliphatic rings. The van der Waals surface area contributed by atoms with E-state index >= 15 is 0 Å². The van der Waals surface area contributed by atoms with E-state index in [4.69, 9.17) is 11.5 Å². The largest absolute Gasteiger partial charge is 0.383 e. The fourth-order valence-corrected chi connectivity index (χ4v) is 3.20. The van der Waals surface area contributed by atoms with Crippen molar-refractivity contribution in [3.8, 4) is 11.1 Å². The summed E-state index contributed by atoms with van der Waals surface area (Å²) in [5, 5.41) is 1.85. The van der Waals surface area contributed by atoms with Crippen LogP contribution in [0.2, 0.25) is 0 Å². The Labute approximate surface area is 139 Å². The highest BCUT2D eigenvalue weighted by molar-refractivity contribution is 6.15. The number of H-pyrrole nitrogens is 1. The molecule has 5 N–H and O–H groups in total. The van der Waals surface area contributed by atoms with Gasteiger partial charge in [0, 0.05) is 17.1 Å². The van der Waals surface area contributed by atoms with Gasteiger partial charge in [0.1, 0.15) is 5.82 Å². The van der Waals surface area contributed by atoms with Gasteiger partial charge in [-0.15, -0.1) is 0 Å². The molecule has 0 unspecified atom stereocenters. The first-order valence-corrected chi connectivity index (χ1v) is 7.97. The Bertz CT molecular complexity index is 1060. The van der Waals surface area contributed by atoms with Gasteiger partial charge in [0.15, 0.2) is 0 Å². The lowest BCUT2D eigenvalue weighted by Gasteiger charge is -2.11. The van der Waals surface area contributed by atoms with Crippen molar-refractivity contribution in [3.63, 3.8) is 0 Å². The monoisotopic (exact) mass is 317 g/mol.